The van der Waals surface area contributed by atoms with Gasteiger partial charge in [0, 0.05) is 22.4 Å². The Bertz CT molecular complexity index is 573. The molecule has 1 heterocycles. The first-order chi connectivity index (χ1) is 9.99. The van der Waals surface area contributed by atoms with Crippen molar-refractivity contribution in [2.75, 3.05) is 12.8 Å². The predicted molar refractivity (Wildman–Crippen MR) is 93.2 cm³/mol. The fraction of sp³-hybridized carbons (Fsp3) is 0.500. The van der Waals surface area contributed by atoms with E-state index in [1.807, 2.05) is 0 Å². The van der Waals surface area contributed by atoms with Crippen LogP contribution in [0, 0.1) is 0 Å². The maximum atomic E-state index is 4.36. The van der Waals surface area contributed by atoms with E-state index in [2.05, 4.69) is 66.8 Å². The Kier molecular flexibility index (Phi) is 5.79. The lowest BCUT2D eigenvalue weighted by molar-refractivity contribution is 0.422. The molecule has 0 aliphatic heterocycles. The van der Waals surface area contributed by atoms with Gasteiger partial charge in [-0.1, -0.05) is 29.5 Å². The Labute approximate surface area is 135 Å². The van der Waals surface area contributed by atoms with Crippen LogP contribution in [0.15, 0.2) is 29.2 Å². The minimum Gasteiger partial charge on any atom is -0.312 e. The van der Waals surface area contributed by atoms with E-state index in [4.69, 9.17) is 0 Å². The lowest BCUT2D eigenvalue weighted by Gasteiger charge is -2.20. The summed E-state index contributed by atoms with van der Waals surface area (Å²) < 4.78 is 0. The molecule has 3 nitrogen and oxygen atoms in total. The molecule has 114 valence electrons. The van der Waals surface area contributed by atoms with E-state index in [0.717, 1.165) is 29.4 Å². The van der Waals surface area contributed by atoms with Crippen molar-refractivity contribution >= 4 is 23.1 Å². The lowest BCUT2D eigenvalue weighted by atomic mass is 10.1. The van der Waals surface area contributed by atoms with Crippen molar-refractivity contribution in [3.05, 3.63) is 29.3 Å². The Morgan fingerprint density at radius 2 is 1.95 bits per heavy atom. The zero-order valence-electron chi connectivity index (χ0n) is 13.1. The third-order valence-electron chi connectivity index (χ3n) is 3.03. The summed E-state index contributed by atoms with van der Waals surface area (Å²) in [5, 5.41) is 14.3. The highest BCUT2D eigenvalue weighted by atomic mass is 32.2. The number of nitrogens with zero attached hydrogens (tertiary/aromatic N) is 2. The summed E-state index contributed by atoms with van der Waals surface area (Å²) in [5.74, 6) is 0. The standard InChI is InChI=1S/C16H23N3S2/c1-16(2,3)17-11-7-10-14-18-19-15(21-14)12-8-5-6-9-13(12)20-4/h5-6,8-9,17H,7,10-11H2,1-4H3. The van der Waals surface area contributed by atoms with Gasteiger partial charge in [0.2, 0.25) is 0 Å². The molecule has 0 amide bonds. The molecule has 21 heavy (non-hydrogen) atoms. The normalized spacial score (nSPS) is 11.8. The van der Waals surface area contributed by atoms with Crippen LogP contribution in [0.1, 0.15) is 32.2 Å². The lowest BCUT2D eigenvalue weighted by Crippen LogP contribution is -2.36. The van der Waals surface area contributed by atoms with Gasteiger partial charge < -0.3 is 5.32 Å². The van der Waals surface area contributed by atoms with Crippen LogP contribution >= 0.6 is 23.1 Å². The molecule has 0 atom stereocenters. The second-order valence-corrected chi connectivity index (χ2v) is 7.89. The van der Waals surface area contributed by atoms with Crippen LogP contribution in [-0.4, -0.2) is 28.5 Å². The number of hydrogen-bond acceptors (Lipinski definition) is 5. The average Bonchev–Trinajstić information content (AvgIpc) is 2.91. The summed E-state index contributed by atoms with van der Waals surface area (Å²) in [4.78, 5) is 1.26. The molecule has 0 saturated carbocycles. The van der Waals surface area contributed by atoms with Gasteiger partial charge in [0.15, 0.2) is 0 Å². The molecule has 0 spiro atoms. The molecule has 0 radical (unpaired) electrons. The third-order valence-corrected chi connectivity index (χ3v) is 4.84. The molecule has 0 fully saturated rings. The zero-order chi connectivity index (χ0) is 15.3. The van der Waals surface area contributed by atoms with Gasteiger partial charge in [-0.15, -0.1) is 22.0 Å². The first-order valence-corrected chi connectivity index (χ1v) is 9.24. The number of nitrogens with one attached hydrogen (secondary N) is 1. The summed E-state index contributed by atoms with van der Waals surface area (Å²) in [6.07, 6.45) is 4.18. The first-order valence-electron chi connectivity index (χ1n) is 7.20. The molecule has 0 aliphatic carbocycles. The summed E-state index contributed by atoms with van der Waals surface area (Å²) in [6, 6.07) is 8.38. The van der Waals surface area contributed by atoms with Gasteiger partial charge in [-0.3, -0.25) is 0 Å². The first kappa shape index (κ1) is 16.5. The summed E-state index contributed by atoms with van der Waals surface area (Å²) in [6.45, 7) is 7.58. The predicted octanol–water partition coefficient (Wildman–Crippen LogP) is 4.25. The molecule has 0 aliphatic rings. The van der Waals surface area contributed by atoms with Gasteiger partial charge in [-0.25, -0.2) is 0 Å². The van der Waals surface area contributed by atoms with Gasteiger partial charge in [0.1, 0.15) is 10.0 Å². The van der Waals surface area contributed by atoms with Crippen molar-refractivity contribution in [1.82, 2.24) is 15.5 Å². The largest absolute Gasteiger partial charge is 0.312 e. The number of hydrogen-bond donors (Lipinski definition) is 1. The van der Waals surface area contributed by atoms with Gasteiger partial charge in [-0.05, 0) is 46.1 Å². The van der Waals surface area contributed by atoms with E-state index in [9.17, 15) is 0 Å². The monoisotopic (exact) mass is 321 g/mol. The van der Waals surface area contributed by atoms with Crippen molar-refractivity contribution in [3.63, 3.8) is 0 Å². The fourth-order valence-electron chi connectivity index (χ4n) is 1.99. The molecule has 1 aromatic heterocycles. The highest BCUT2D eigenvalue weighted by Gasteiger charge is 2.11. The number of aryl methyl sites for hydroxylation is 1. The van der Waals surface area contributed by atoms with Crippen molar-refractivity contribution < 1.29 is 0 Å². The molecule has 0 bridgehead atoms. The molecular weight excluding hydrogens is 298 g/mol. The van der Waals surface area contributed by atoms with E-state index in [-0.39, 0.29) is 5.54 Å². The molecule has 0 unspecified atom stereocenters. The van der Waals surface area contributed by atoms with Crippen molar-refractivity contribution in [3.8, 4) is 10.6 Å². The van der Waals surface area contributed by atoms with Crippen LogP contribution in [0.25, 0.3) is 10.6 Å². The van der Waals surface area contributed by atoms with Crippen LogP contribution in [0.3, 0.4) is 0 Å². The van der Waals surface area contributed by atoms with E-state index < -0.39 is 0 Å². The number of aromatic nitrogens is 2. The molecule has 1 N–H and O–H groups in total. The summed E-state index contributed by atoms with van der Waals surface area (Å²) in [7, 11) is 0. The summed E-state index contributed by atoms with van der Waals surface area (Å²) >= 11 is 3.46. The van der Waals surface area contributed by atoms with Gasteiger partial charge in [-0.2, -0.15) is 0 Å². The van der Waals surface area contributed by atoms with Crippen molar-refractivity contribution in [2.45, 2.75) is 44.0 Å². The van der Waals surface area contributed by atoms with Crippen molar-refractivity contribution in [2.24, 2.45) is 0 Å². The van der Waals surface area contributed by atoms with Gasteiger partial charge in [0.25, 0.3) is 0 Å². The molecular formula is C16H23N3S2. The summed E-state index contributed by atoms with van der Waals surface area (Å²) in [5.41, 5.74) is 1.38. The fourth-order valence-corrected chi connectivity index (χ4v) is 3.57. The Balaban J connectivity index is 1.95. The Morgan fingerprint density at radius 1 is 1.19 bits per heavy atom. The maximum Gasteiger partial charge on any atom is 0.148 e. The molecule has 2 rings (SSSR count). The molecule has 0 saturated heterocycles. The van der Waals surface area contributed by atoms with Gasteiger partial charge in [0.05, 0.1) is 0 Å². The van der Waals surface area contributed by atoms with Crippen LogP contribution in [0.2, 0.25) is 0 Å². The minimum absolute atomic E-state index is 0.184. The minimum atomic E-state index is 0.184. The van der Waals surface area contributed by atoms with E-state index >= 15 is 0 Å². The Morgan fingerprint density at radius 3 is 2.67 bits per heavy atom. The molecule has 1 aromatic carbocycles. The van der Waals surface area contributed by atoms with Crippen LogP contribution in [-0.2, 0) is 6.42 Å². The molecule has 5 heteroatoms. The van der Waals surface area contributed by atoms with E-state index in [1.54, 1.807) is 23.1 Å². The number of thioether (sulfide) groups is 1. The maximum absolute atomic E-state index is 4.36. The highest BCUT2D eigenvalue weighted by molar-refractivity contribution is 7.98. The van der Waals surface area contributed by atoms with Crippen molar-refractivity contribution in [1.29, 1.82) is 0 Å². The second kappa shape index (κ2) is 7.38. The number of benzene rings is 1. The number of rotatable bonds is 6. The van der Waals surface area contributed by atoms with Crippen LogP contribution in [0.5, 0.6) is 0 Å². The zero-order valence-corrected chi connectivity index (χ0v) is 14.8. The second-order valence-electron chi connectivity index (χ2n) is 5.98. The SMILES string of the molecule is CSc1ccccc1-c1nnc(CCCNC(C)(C)C)s1. The topological polar surface area (TPSA) is 37.8 Å². The van der Waals surface area contributed by atoms with Gasteiger partial charge >= 0.3 is 0 Å². The average molecular weight is 322 g/mol. The smallest absolute Gasteiger partial charge is 0.148 e. The van der Waals surface area contributed by atoms with E-state index in [0.29, 0.717) is 0 Å². The molecule has 2 aromatic rings. The third kappa shape index (κ3) is 5.09. The van der Waals surface area contributed by atoms with E-state index in [1.165, 1.54) is 10.5 Å². The Hall–Kier alpha value is -0.910. The van der Waals surface area contributed by atoms with Crippen LogP contribution < -0.4 is 5.32 Å². The van der Waals surface area contributed by atoms with Crippen LogP contribution in [0.4, 0.5) is 0 Å². The highest BCUT2D eigenvalue weighted by Crippen LogP contribution is 2.32. The quantitative estimate of drug-likeness (QED) is 0.637.